The number of amides is 1. The predicted octanol–water partition coefficient (Wildman–Crippen LogP) is 2.54. The monoisotopic (exact) mass is 247 g/mol. The number of aromatic nitrogens is 1. The number of hydrogen-bond acceptors (Lipinski definition) is 4. The van der Waals surface area contributed by atoms with Gasteiger partial charge in [0.15, 0.2) is 0 Å². The minimum absolute atomic E-state index is 0.156. The molecule has 17 heavy (non-hydrogen) atoms. The van der Waals surface area contributed by atoms with E-state index in [1.807, 2.05) is 19.1 Å². The molecule has 4 nitrogen and oxygen atoms in total. The molecule has 0 aliphatic heterocycles. The van der Waals surface area contributed by atoms with Crippen LogP contribution in [-0.4, -0.2) is 10.9 Å². The van der Waals surface area contributed by atoms with Gasteiger partial charge in [0.2, 0.25) is 0 Å². The topological polar surface area (TPSA) is 68.0 Å². The van der Waals surface area contributed by atoms with Crippen LogP contribution in [0.1, 0.15) is 22.2 Å². The molecule has 2 aromatic rings. The van der Waals surface area contributed by atoms with Crippen LogP contribution in [0.5, 0.6) is 0 Å². The summed E-state index contributed by atoms with van der Waals surface area (Å²) < 4.78 is 0. The molecule has 3 N–H and O–H groups in total. The number of hydrogen-bond donors (Lipinski definition) is 2. The summed E-state index contributed by atoms with van der Waals surface area (Å²) in [5.74, 6) is -0.156. The number of anilines is 2. The van der Waals surface area contributed by atoms with Gasteiger partial charge in [0.05, 0.1) is 11.7 Å². The number of nitrogens with zero attached hydrogens (tertiary/aromatic N) is 1. The van der Waals surface area contributed by atoms with Crippen molar-refractivity contribution in [1.29, 1.82) is 0 Å². The molecular formula is C12H13N3OS. The third-order valence-electron chi connectivity index (χ3n) is 2.44. The van der Waals surface area contributed by atoms with Crippen molar-refractivity contribution in [3.05, 3.63) is 40.3 Å². The molecule has 88 valence electrons. The van der Waals surface area contributed by atoms with Crippen LogP contribution in [0.25, 0.3) is 0 Å². The quantitative estimate of drug-likeness (QED) is 0.819. The zero-order chi connectivity index (χ0) is 12.3. The lowest BCUT2D eigenvalue weighted by Crippen LogP contribution is -2.10. The van der Waals surface area contributed by atoms with E-state index >= 15 is 0 Å². The van der Waals surface area contributed by atoms with Gasteiger partial charge in [-0.1, -0.05) is 13.0 Å². The second kappa shape index (κ2) is 4.97. The molecule has 0 bridgehead atoms. The predicted molar refractivity (Wildman–Crippen MR) is 70.3 cm³/mol. The van der Waals surface area contributed by atoms with Gasteiger partial charge >= 0.3 is 0 Å². The number of carbonyl (C=O) groups is 1. The van der Waals surface area contributed by atoms with Crippen LogP contribution in [0.4, 0.5) is 11.4 Å². The minimum atomic E-state index is -0.156. The van der Waals surface area contributed by atoms with Crippen LogP contribution in [-0.2, 0) is 6.42 Å². The average molecular weight is 247 g/mol. The molecule has 0 saturated heterocycles. The van der Waals surface area contributed by atoms with Crippen molar-refractivity contribution >= 4 is 28.6 Å². The summed E-state index contributed by atoms with van der Waals surface area (Å²) in [6.45, 7) is 2.04. The third kappa shape index (κ3) is 2.62. The molecule has 0 spiro atoms. The van der Waals surface area contributed by atoms with Crippen molar-refractivity contribution in [2.75, 3.05) is 11.1 Å². The zero-order valence-electron chi connectivity index (χ0n) is 9.43. The van der Waals surface area contributed by atoms with E-state index in [1.165, 1.54) is 11.3 Å². The molecule has 0 fully saturated rings. The highest BCUT2D eigenvalue weighted by molar-refractivity contribution is 7.11. The van der Waals surface area contributed by atoms with Crippen molar-refractivity contribution in [2.45, 2.75) is 13.3 Å². The second-order valence-electron chi connectivity index (χ2n) is 3.59. The van der Waals surface area contributed by atoms with E-state index in [2.05, 4.69) is 10.3 Å². The van der Waals surface area contributed by atoms with Gasteiger partial charge in [-0.3, -0.25) is 9.78 Å². The lowest BCUT2D eigenvalue weighted by molar-refractivity contribution is 0.103. The standard InChI is InChI=1S/C12H13N3OS/c1-2-8-3-4-9(5-10(8)13)15-12(16)11-6-14-7-17-11/h3-7H,2,13H2,1H3,(H,15,16). The van der Waals surface area contributed by atoms with Crippen LogP contribution in [0, 0.1) is 0 Å². The molecule has 1 amide bonds. The summed E-state index contributed by atoms with van der Waals surface area (Å²) >= 11 is 1.31. The van der Waals surface area contributed by atoms with Crippen molar-refractivity contribution in [3.63, 3.8) is 0 Å². The van der Waals surface area contributed by atoms with Crippen molar-refractivity contribution in [3.8, 4) is 0 Å². The average Bonchev–Trinajstić information content (AvgIpc) is 2.82. The molecular weight excluding hydrogens is 234 g/mol. The maximum absolute atomic E-state index is 11.8. The van der Waals surface area contributed by atoms with Crippen molar-refractivity contribution < 1.29 is 4.79 Å². The normalized spacial score (nSPS) is 10.2. The Morgan fingerprint density at radius 3 is 2.94 bits per heavy atom. The Hall–Kier alpha value is -1.88. The first-order valence-electron chi connectivity index (χ1n) is 5.29. The van der Waals surface area contributed by atoms with Crippen LogP contribution in [0.2, 0.25) is 0 Å². The Labute approximate surface area is 103 Å². The molecule has 0 radical (unpaired) electrons. The maximum Gasteiger partial charge on any atom is 0.267 e. The number of aryl methyl sites for hydroxylation is 1. The fourth-order valence-electron chi connectivity index (χ4n) is 1.52. The van der Waals surface area contributed by atoms with Gasteiger partial charge in [0, 0.05) is 11.4 Å². The molecule has 2 rings (SSSR count). The lowest BCUT2D eigenvalue weighted by atomic mass is 10.1. The highest BCUT2D eigenvalue weighted by Gasteiger charge is 2.08. The second-order valence-corrected chi connectivity index (χ2v) is 4.47. The molecule has 0 aliphatic carbocycles. The summed E-state index contributed by atoms with van der Waals surface area (Å²) in [6.07, 6.45) is 2.43. The Kier molecular flexibility index (Phi) is 3.39. The number of nitrogen functional groups attached to an aromatic ring is 1. The number of carbonyl (C=O) groups excluding carboxylic acids is 1. The van der Waals surface area contributed by atoms with Crippen LogP contribution in [0.3, 0.4) is 0 Å². The van der Waals surface area contributed by atoms with E-state index in [9.17, 15) is 4.79 Å². The summed E-state index contributed by atoms with van der Waals surface area (Å²) in [5, 5.41) is 2.79. The third-order valence-corrected chi connectivity index (χ3v) is 3.21. The molecule has 1 heterocycles. The number of benzene rings is 1. The fraction of sp³-hybridized carbons (Fsp3) is 0.167. The summed E-state index contributed by atoms with van der Waals surface area (Å²) in [4.78, 5) is 16.2. The van der Waals surface area contributed by atoms with Crippen molar-refractivity contribution in [2.24, 2.45) is 0 Å². The summed E-state index contributed by atoms with van der Waals surface area (Å²) in [6, 6.07) is 5.56. The lowest BCUT2D eigenvalue weighted by Gasteiger charge is -2.07. The summed E-state index contributed by atoms with van der Waals surface area (Å²) in [5.41, 5.74) is 9.99. The minimum Gasteiger partial charge on any atom is -0.398 e. The molecule has 5 heteroatoms. The molecule has 1 aromatic heterocycles. The highest BCUT2D eigenvalue weighted by Crippen LogP contribution is 2.19. The first kappa shape index (κ1) is 11.6. The first-order chi connectivity index (χ1) is 8.20. The number of nitrogens with one attached hydrogen (secondary N) is 1. The van der Waals surface area contributed by atoms with Crippen LogP contribution >= 0.6 is 11.3 Å². The van der Waals surface area contributed by atoms with E-state index in [0.29, 0.717) is 16.3 Å². The van der Waals surface area contributed by atoms with E-state index in [4.69, 9.17) is 5.73 Å². The molecule has 0 unspecified atom stereocenters. The van der Waals surface area contributed by atoms with Gasteiger partial charge in [-0.2, -0.15) is 0 Å². The van der Waals surface area contributed by atoms with Gasteiger partial charge in [-0.25, -0.2) is 0 Å². The van der Waals surface area contributed by atoms with Gasteiger partial charge in [0.1, 0.15) is 4.88 Å². The van der Waals surface area contributed by atoms with Gasteiger partial charge in [-0.05, 0) is 24.1 Å². The number of nitrogens with two attached hydrogens (primary N) is 1. The van der Waals surface area contributed by atoms with Gasteiger partial charge in [0.25, 0.3) is 5.91 Å². The first-order valence-corrected chi connectivity index (χ1v) is 6.17. The van der Waals surface area contributed by atoms with E-state index in [0.717, 1.165) is 12.0 Å². The van der Waals surface area contributed by atoms with E-state index < -0.39 is 0 Å². The Morgan fingerprint density at radius 1 is 1.53 bits per heavy atom. The Bertz CT molecular complexity index is 523. The number of thiazole rings is 1. The smallest absolute Gasteiger partial charge is 0.267 e. The Morgan fingerprint density at radius 2 is 2.35 bits per heavy atom. The molecule has 1 aromatic carbocycles. The SMILES string of the molecule is CCc1ccc(NC(=O)c2cncs2)cc1N. The number of rotatable bonds is 3. The molecule has 0 aliphatic rings. The van der Waals surface area contributed by atoms with E-state index in [-0.39, 0.29) is 5.91 Å². The summed E-state index contributed by atoms with van der Waals surface area (Å²) in [7, 11) is 0. The fourth-order valence-corrected chi connectivity index (χ4v) is 2.03. The largest absolute Gasteiger partial charge is 0.398 e. The zero-order valence-corrected chi connectivity index (χ0v) is 10.3. The van der Waals surface area contributed by atoms with E-state index in [1.54, 1.807) is 17.8 Å². The van der Waals surface area contributed by atoms with Crippen LogP contribution < -0.4 is 11.1 Å². The van der Waals surface area contributed by atoms with Crippen molar-refractivity contribution in [1.82, 2.24) is 4.98 Å². The van der Waals surface area contributed by atoms with Crippen LogP contribution in [0.15, 0.2) is 29.9 Å². The maximum atomic E-state index is 11.8. The highest BCUT2D eigenvalue weighted by atomic mass is 32.1. The van der Waals surface area contributed by atoms with Gasteiger partial charge in [-0.15, -0.1) is 11.3 Å². The molecule has 0 saturated carbocycles. The molecule has 0 atom stereocenters. The Balaban J connectivity index is 2.14. The van der Waals surface area contributed by atoms with Gasteiger partial charge < -0.3 is 11.1 Å².